The van der Waals surface area contributed by atoms with Crippen molar-refractivity contribution in [1.82, 2.24) is 10.2 Å². The van der Waals surface area contributed by atoms with E-state index in [4.69, 9.17) is 4.74 Å². The highest BCUT2D eigenvalue weighted by atomic mass is 16.5. The van der Waals surface area contributed by atoms with Gasteiger partial charge in [-0.2, -0.15) is 0 Å². The second kappa shape index (κ2) is 10.7. The van der Waals surface area contributed by atoms with Crippen LogP contribution in [0.3, 0.4) is 0 Å². The van der Waals surface area contributed by atoms with Crippen LogP contribution >= 0.6 is 0 Å². The summed E-state index contributed by atoms with van der Waals surface area (Å²) in [6, 6.07) is 7.07. The summed E-state index contributed by atoms with van der Waals surface area (Å²) in [7, 11) is 1.62. The first kappa shape index (κ1) is 21.0. The van der Waals surface area contributed by atoms with Crippen molar-refractivity contribution in [3.8, 4) is 5.75 Å². The molecule has 0 fully saturated rings. The van der Waals surface area contributed by atoms with Crippen molar-refractivity contribution in [2.45, 2.75) is 59.5 Å². The number of benzene rings is 1. The Kier molecular flexibility index (Phi) is 9.03. The predicted octanol–water partition coefficient (Wildman–Crippen LogP) is 3.37. The van der Waals surface area contributed by atoms with Crippen molar-refractivity contribution >= 4 is 11.8 Å². The lowest BCUT2D eigenvalue weighted by Gasteiger charge is -2.30. The predicted molar refractivity (Wildman–Crippen MR) is 100 cm³/mol. The summed E-state index contributed by atoms with van der Waals surface area (Å²) in [5.74, 6) is 0.492. The fraction of sp³-hybridized carbons (Fsp3) is 0.600. The number of carbonyl (C=O) groups excluding carboxylic acids is 2. The Morgan fingerprint density at radius 1 is 1.12 bits per heavy atom. The Bertz CT molecular complexity index is 540. The molecule has 0 aromatic heterocycles. The number of amides is 2. The normalized spacial score (nSPS) is 11.9. The first-order valence-corrected chi connectivity index (χ1v) is 9.11. The first-order valence-electron chi connectivity index (χ1n) is 9.11. The van der Waals surface area contributed by atoms with E-state index < -0.39 is 6.04 Å². The van der Waals surface area contributed by atoms with Gasteiger partial charge in [-0.3, -0.25) is 9.59 Å². The van der Waals surface area contributed by atoms with E-state index in [1.165, 1.54) is 0 Å². The molecule has 2 amide bonds. The molecule has 0 aliphatic heterocycles. The van der Waals surface area contributed by atoms with Crippen LogP contribution in [-0.4, -0.2) is 36.4 Å². The molecular weight excluding hydrogens is 316 g/mol. The number of hydrogen-bond acceptors (Lipinski definition) is 3. The van der Waals surface area contributed by atoms with Gasteiger partial charge in [-0.25, -0.2) is 0 Å². The Labute approximate surface area is 151 Å². The number of unbranched alkanes of at least 4 members (excludes halogenated alkanes) is 2. The lowest BCUT2D eigenvalue weighted by Crippen LogP contribution is -2.49. The summed E-state index contributed by atoms with van der Waals surface area (Å²) < 4.78 is 5.16. The van der Waals surface area contributed by atoms with Gasteiger partial charge in [-0.15, -0.1) is 0 Å². The summed E-state index contributed by atoms with van der Waals surface area (Å²) >= 11 is 0. The molecule has 5 heteroatoms. The molecule has 1 aromatic carbocycles. The van der Waals surface area contributed by atoms with E-state index in [-0.39, 0.29) is 17.7 Å². The summed E-state index contributed by atoms with van der Waals surface area (Å²) in [5, 5.41) is 2.94. The lowest BCUT2D eigenvalue weighted by molar-refractivity contribution is -0.143. The number of methoxy groups -OCH3 is 1. The van der Waals surface area contributed by atoms with Crippen LogP contribution in [0, 0.1) is 5.92 Å². The minimum absolute atomic E-state index is 0.0213. The molecule has 0 bridgehead atoms. The van der Waals surface area contributed by atoms with E-state index in [9.17, 15) is 9.59 Å². The van der Waals surface area contributed by atoms with Crippen LogP contribution in [0.4, 0.5) is 0 Å². The fourth-order valence-electron chi connectivity index (χ4n) is 2.54. The van der Waals surface area contributed by atoms with Gasteiger partial charge in [-0.1, -0.05) is 45.7 Å². The SMILES string of the molecule is CCCCCNC(=O)[C@@H](C)N(Cc1ccc(OC)cc1)C(=O)C(C)C. The van der Waals surface area contributed by atoms with Crippen LogP contribution in [-0.2, 0) is 16.1 Å². The van der Waals surface area contributed by atoms with Crippen molar-refractivity contribution in [3.63, 3.8) is 0 Å². The van der Waals surface area contributed by atoms with Gasteiger partial charge in [0.25, 0.3) is 0 Å². The third-order valence-corrected chi connectivity index (χ3v) is 4.22. The Morgan fingerprint density at radius 2 is 1.76 bits per heavy atom. The van der Waals surface area contributed by atoms with Crippen LogP contribution in [0.5, 0.6) is 5.75 Å². The van der Waals surface area contributed by atoms with Crippen molar-refractivity contribution in [2.24, 2.45) is 5.92 Å². The molecule has 5 nitrogen and oxygen atoms in total. The molecule has 0 aliphatic rings. The molecule has 1 N–H and O–H groups in total. The van der Waals surface area contributed by atoms with Crippen LogP contribution in [0.15, 0.2) is 24.3 Å². The van der Waals surface area contributed by atoms with Gasteiger partial charge >= 0.3 is 0 Å². The topological polar surface area (TPSA) is 58.6 Å². The van der Waals surface area contributed by atoms with E-state index in [0.717, 1.165) is 30.6 Å². The second-order valence-electron chi connectivity index (χ2n) is 6.64. The fourth-order valence-corrected chi connectivity index (χ4v) is 2.54. The number of hydrogen-bond donors (Lipinski definition) is 1. The summed E-state index contributed by atoms with van der Waals surface area (Å²) in [4.78, 5) is 26.7. The average Bonchev–Trinajstić information content (AvgIpc) is 2.62. The van der Waals surface area contributed by atoms with Gasteiger partial charge in [-0.05, 0) is 31.0 Å². The van der Waals surface area contributed by atoms with Crippen LogP contribution in [0.2, 0.25) is 0 Å². The Hall–Kier alpha value is -2.04. The Morgan fingerprint density at radius 3 is 2.28 bits per heavy atom. The number of carbonyl (C=O) groups is 2. The molecule has 1 atom stereocenters. The lowest BCUT2D eigenvalue weighted by atomic mass is 10.1. The van der Waals surface area contributed by atoms with Gasteiger partial charge in [0, 0.05) is 19.0 Å². The van der Waals surface area contributed by atoms with Gasteiger partial charge < -0.3 is 15.0 Å². The monoisotopic (exact) mass is 348 g/mol. The smallest absolute Gasteiger partial charge is 0.242 e. The molecule has 0 unspecified atom stereocenters. The summed E-state index contributed by atoms with van der Waals surface area (Å²) in [5.41, 5.74) is 0.973. The highest BCUT2D eigenvalue weighted by Gasteiger charge is 2.27. The second-order valence-corrected chi connectivity index (χ2v) is 6.64. The zero-order valence-electron chi connectivity index (χ0n) is 16.2. The van der Waals surface area contributed by atoms with Gasteiger partial charge in [0.1, 0.15) is 11.8 Å². The third kappa shape index (κ3) is 6.77. The highest BCUT2D eigenvalue weighted by Crippen LogP contribution is 2.16. The summed E-state index contributed by atoms with van der Waals surface area (Å²) in [6.07, 6.45) is 3.17. The molecule has 1 rings (SSSR count). The maximum absolute atomic E-state index is 12.6. The minimum Gasteiger partial charge on any atom is -0.497 e. The molecule has 0 saturated carbocycles. The number of ether oxygens (including phenoxy) is 1. The van der Waals surface area contributed by atoms with E-state index in [1.807, 2.05) is 38.1 Å². The van der Waals surface area contributed by atoms with E-state index in [2.05, 4.69) is 12.2 Å². The van der Waals surface area contributed by atoms with Gasteiger partial charge in [0.2, 0.25) is 11.8 Å². The largest absolute Gasteiger partial charge is 0.497 e. The molecule has 1 aromatic rings. The average molecular weight is 348 g/mol. The van der Waals surface area contributed by atoms with E-state index in [1.54, 1.807) is 18.9 Å². The maximum atomic E-state index is 12.6. The van der Waals surface area contributed by atoms with Crippen molar-refractivity contribution in [2.75, 3.05) is 13.7 Å². The zero-order chi connectivity index (χ0) is 18.8. The molecule has 0 heterocycles. The van der Waals surface area contributed by atoms with Gasteiger partial charge in [0.05, 0.1) is 7.11 Å². The number of rotatable bonds is 10. The Balaban J connectivity index is 2.80. The zero-order valence-corrected chi connectivity index (χ0v) is 16.2. The molecule has 25 heavy (non-hydrogen) atoms. The first-order chi connectivity index (χ1) is 11.9. The van der Waals surface area contributed by atoms with E-state index in [0.29, 0.717) is 13.1 Å². The molecular formula is C20H32N2O3. The van der Waals surface area contributed by atoms with Crippen LogP contribution < -0.4 is 10.1 Å². The van der Waals surface area contributed by atoms with Crippen molar-refractivity contribution in [1.29, 1.82) is 0 Å². The quantitative estimate of drug-likeness (QED) is 0.660. The number of nitrogens with one attached hydrogen (secondary N) is 1. The van der Waals surface area contributed by atoms with E-state index >= 15 is 0 Å². The minimum atomic E-state index is -0.501. The molecule has 140 valence electrons. The molecule has 0 saturated heterocycles. The standard InChI is InChI=1S/C20H32N2O3/c1-6-7-8-13-21-19(23)16(4)22(20(24)15(2)3)14-17-9-11-18(25-5)12-10-17/h9-12,15-16H,6-8,13-14H2,1-5H3,(H,21,23)/t16-/m1/s1. The summed E-state index contributed by atoms with van der Waals surface area (Å²) in [6.45, 7) is 8.69. The van der Waals surface area contributed by atoms with Crippen molar-refractivity contribution in [3.05, 3.63) is 29.8 Å². The van der Waals surface area contributed by atoms with Gasteiger partial charge in [0.15, 0.2) is 0 Å². The number of nitrogens with zero attached hydrogens (tertiary/aromatic N) is 1. The van der Waals surface area contributed by atoms with Crippen LogP contribution in [0.1, 0.15) is 52.5 Å². The molecule has 0 radical (unpaired) electrons. The van der Waals surface area contributed by atoms with Crippen LogP contribution in [0.25, 0.3) is 0 Å². The molecule has 0 spiro atoms. The third-order valence-electron chi connectivity index (χ3n) is 4.22. The highest BCUT2D eigenvalue weighted by molar-refractivity contribution is 5.88. The van der Waals surface area contributed by atoms with Crippen molar-refractivity contribution < 1.29 is 14.3 Å². The maximum Gasteiger partial charge on any atom is 0.242 e. The molecule has 0 aliphatic carbocycles.